The molecular formula is C8H18O3Si. The summed E-state index contributed by atoms with van der Waals surface area (Å²) in [5.74, 6) is 0. The second-order valence-corrected chi connectivity index (χ2v) is 7.79. The van der Waals surface area contributed by atoms with Gasteiger partial charge >= 0.3 is 0 Å². The van der Waals surface area contributed by atoms with E-state index in [9.17, 15) is 4.80 Å². The summed E-state index contributed by atoms with van der Waals surface area (Å²) in [6.07, 6.45) is 1.19. The van der Waals surface area contributed by atoms with Crippen molar-refractivity contribution in [3.8, 4) is 0 Å². The fourth-order valence-electron chi connectivity index (χ4n) is 1.21. The van der Waals surface area contributed by atoms with Gasteiger partial charge in [0, 0.05) is 0 Å². The quantitative estimate of drug-likeness (QED) is 0.518. The molecule has 0 bridgehead atoms. The number of epoxide rings is 1. The van der Waals surface area contributed by atoms with Crippen LogP contribution in [-0.2, 0) is 9.47 Å². The molecule has 3 nitrogen and oxygen atoms in total. The van der Waals surface area contributed by atoms with Gasteiger partial charge in [0.2, 0.25) is 8.32 Å². The monoisotopic (exact) mass is 190 g/mol. The van der Waals surface area contributed by atoms with Crippen LogP contribution in [0.3, 0.4) is 0 Å². The third-order valence-corrected chi connectivity index (χ3v) is 4.20. The fourth-order valence-corrected chi connectivity index (χ4v) is 2.71. The van der Waals surface area contributed by atoms with E-state index in [0.29, 0.717) is 12.7 Å². The lowest BCUT2D eigenvalue weighted by molar-refractivity contribution is 0.0740. The van der Waals surface area contributed by atoms with E-state index in [-0.39, 0.29) is 5.73 Å². The molecule has 0 spiro atoms. The third-order valence-electron chi connectivity index (χ3n) is 2.04. The second-order valence-electron chi connectivity index (χ2n) is 3.84. The Morgan fingerprint density at radius 3 is 2.58 bits per heavy atom. The van der Waals surface area contributed by atoms with Crippen LogP contribution in [0, 0.1) is 0 Å². The van der Waals surface area contributed by atoms with E-state index in [1.54, 1.807) is 0 Å². The van der Waals surface area contributed by atoms with Crippen LogP contribution < -0.4 is 0 Å². The van der Waals surface area contributed by atoms with Crippen molar-refractivity contribution >= 4 is 8.32 Å². The van der Waals surface area contributed by atoms with Crippen LogP contribution in [0.5, 0.6) is 0 Å². The SMILES string of the molecule is CCC(OCC1CO1)[Si](C)(C)O. The molecule has 1 saturated heterocycles. The highest BCUT2D eigenvalue weighted by molar-refractivity contribution is 6.71. The average molecular weight is 190 g/mol. The normalized spacial score (nSPS) is 25.5. The van der Waals surface area contributed by atoms with Crippen LogP contribution in [0.25, 0.3) is 0 Å². The first-order chi connectivity index (χ1) is 5.54. The van der Waals surface area contributed by atoms with Gasteiger partial charge in [0.15, 0.2) is 0 Å². The Hall–Kier alpha value is 0.0969. The summed E-state index contributed by atoms with van der Waals surface area (Å²) in [4.78, 5) is 9.78. The Labute approximate surface area is 74.8 Å². The lowest BCUT2D eigenvalue weighted by atomic mass is 10.5. The molecule has 0 aliphatic carbocycles. The summed E-state index contributed by atoms with van der Waals surface area (Å²) in [5.41, 5.74) is 0.0571. The highest BCUT2D eigenvalue weighted by Gasteiger charge is 2.32. The summed E-state index contributed by atoms with van der Waals surface area (Å²) in [6, 6.07) is 0. The van der Waals surface area contributed by atoms with Gasteiger partial charge in [0.1, 0.15) is 6.10 Å². The van der Waals surface area contributed by atoms with Gasteiger partial charge < -0.3 is 14.3 Å². The van der Waals surface area contributed by atoms with Gasteiger partial charge in [0.05, 0.1) is 18.9 Å². The fraction of sp³-hybridized carbons (Fsp3) is 1.00. The number of ether oxygens (including phenoxy) is 2. The molecule has 0 amide bonds. The molecule has 0 saturated carbocycles. The molecule has 1 N–H and O–H groups in total. The third kappa shape index (κ3) is 3.22. The van der Waals surface area contributed by atoms with E-state index in [4.69, 9.17) is 9.47 Å². The number of rotatable bonds is 5. The Kier molecular flexibility index (Phi) is 3.28. The van der Waals surface area contributed by atoms with Crippen LogP contribution in [0.2, 0.25) is 13.1 Å². The van der Waals surface area contributed by atoms with Crippen LogP contribution in [0.1, 0.15) is 13.3 Å². The van der Waals surface area contributed by atoms with Crippen LogP contribution in [0.15, 0.2) is 0 Å². The molecule has 1 fully saturated rings. The van der Waals surface area contributed by atoms with Crippen molar-refractivity contribution in [3.63, 3.8) is 0 Å². The molecule has 0 aromatic rings. The van der Waals surface area contributed by atoms with Crippen LogP contribution in [0.4, 0.5) is 0 Å². The van der Waals surface area contributed by atoms with Gasteiger partial charge in [-0.05, 0) is 19.5 Å². The smallest absolute Gasteiger partial charge is 0.210 e. The lowest BCUT2D eigenvalue weighted by Gasteiger charge is -2.25. The van der Waals surface area contributed by atoms with Crippen molar-refractivity contribution in [2.24, 2.45) is 0 Å². The summed E-state index contributed by atoms with van der Waals surface area (Å²) in [6.45, 7) is 7.34. The summed E-state index contributed by atoms with van der Waals surface area (Å²) in [5, 5.41) is 0. The first-order valence-corrected chi connectivity index (χ1v) is 7.52. The molecule has 72 valence electrons. The summed E-state index contributed by atoms with van der Waals surface area (Å²) in [7, 11) is -2.10. The molecule has 1 aliphatic rings. The molecule has 12 heavy (non-hydrogen) atoms. The van der Waals surface area contributed by atoms with Crippen LogP contribution >= 0.6 is 0 Å². The number of hydrogen-bond donors (Lipinski definition) is 1. The van der Waals surface area contributed by atoms with Crippen molar-refractivity contribution < 1.29 is 14.3 Å². The zero-order chi connectivity index (χ0) is 9.19. The van der Waals surface area contributed by atoms with Crippen molar-refractivity contribution in [2.75, 3.05) is 13.2 Å². The predicted molar refractivity (Wildman–Crippen MR) is 49.5 cm³/mol. The van der Waals surface area contributed by atoms with E-state index in [1.165, 1.54) is 0 Å². The van der Waals surface area contributed by atoms with Gasteiger partial charge in [-0.25, -0.2) is 0 Å². The molecule has 0 aromatic carbocycles. The van der Waals surface area contributed by atoms with Gasteiger partial charge in [-0.1, -0.05) is 6.92 Å². The van der Waals surface area contributed by atoms with E-state index < -0.39 is 8.32 Å². The standard InChI is InChI=1S/C8H18O3Si/c1-4-8(12(2,3)9)11-6-7-5-10-7/h7-9H,4-6H2,1-3H3. The second kappa shape index (κ2) is 3.87. The summed E-state index contributed by atoms with van der Waals surface area (Å²) >= 11 is 0. The molecule has 2 atom stereocenters. The van der Waals surface area contributed by atoms with Crippen LogP contribution in [-0.4, -0.2) is 38.2 Å². The Balaban J connectivity index is 2.23. The summed E-state index contributed by atoms with van der Waals surface area (Å²) < 4.78 is 10.6. The predicted octanol–water partition coefficient (Wildman–Crippen LogP) is 0.917. The molecule has 1 aliphatic heterocycles. The molecular weight excluding hydrogens is 172 g/mol. The van der Waals surface area contributed by atoms with Gasteiger partial charge in [-0.2, -0.15) is 0 Å². The number of hydrogen-bond acceptors (Lipinski definition) is 3. The lowest BCUT2D eigenvalue weighted by Crippen LogP contribution is -2.43. The van der Waals surface area contributed by atoms with E-state index in [1.807, 2.05) is 20.0 Å². The van der Waals surface area contributed by atoms with Gasteiger partial charge in [-0.15, -0.1) is 0 Å². The highest BCUT2D eigenvalue weighted by Crippen LogP contribution is 2.16. The maximum absolute atomic E-state index is 9.78. The first-order valence-electron chi connectivity index (χ1n) is 4.49. The Morgan fingerprint density at radius 1 is 1.67 bits per heavy atom. The minimum Gasteiger partial charge on any atom is -0.430 e. The topological polar surface area (TPSA) is 42.0 Å². The Morgan fingerprint density at radius 2 is 2.25 bits per heavy atom. The van der Waals surface area contributed by atoms with Gasteiger partial charge in [-0.3, -0.25) is 0 Å². The molecule has 1 rings (SSSR count). The van der Waals surface area contributed by atoms with Gasteiger partial charge in [0.25, 0.3) is 0 Å². The van der Waals surface area contributed by atoms with E-state index in [2.05, 4.69) is 0 Å². The minimum absolute atomic E-state index is 0.0571. The first kappa shape index (κ1) is 10.2. The average Bonchev–Trinajstić information content (AvgIpc) is 2.69. The molecule has 0 aromatic heterocycles. The maximum Gasteiger partial charge on any atom is 0.210 e. The molecule has 1 heterocycles. The zero-order valence-corrected chi connectivity index (χ0v) is 9.04. The van der Waals surface area contributed by atoms with E-state index in [0.717, 1.165) is 13.0 Å². The molecule has 4 heteroatoms. The maximum atomic E-state index is 9.78. The zero-order valence-electron chi connectivity index (χ0n) is 8.04. The largest absolute Gasteiger partial charge is 0.430 e. The van der Waals surface area contributed by atoms with Crippen molar-refractivity contribution in [3.05, 3.63) is 0 Å². The molecule has 2 unspecified atom stereocenters. The molecule has 0 radical (unpaired) electrons. The van der Waals surface area contributed by atoms with E-state index >= 15 is 0 Å². The highest BCUT2D eigenvalue weighted by atomic mass is 28.4. The van der Waals surface area contributed by atoms with Crippen molar-refractivity contribution in [2.45, 2.75) is 38.3 Å². The minimum atomic E-state index is -2.10. The van der Waals surface area contributed by atoms with Crippen molar-refractivity contribution in [1.29, 1.82) is 0 Å². The Bertz CT molecular complexity index is 140. The van der Waals surface area contributed by atoms with Crippen molar-refractivity contribution in [1.82, 2.24) is 0 Å².